The molecule has 4 rings (SSSR count). The van der Waals surface area contributed by atoms with Crippen molar-refractivity contribution in [3.8, 4) is 11.5 Å². The number of halogens is 1. The molecule has 0 aliphatic heterocycles. The van der Waals surface area contributed by atoms with Crippen LogP contribution in [0.4, 0.5) is 5.69 Å². The smallest absolute Gasteiger partial charge is 0.227 e. The second kappa shape index (κ2) is 4.50. The summed E-state index contributed by atoms with van der Waals surface area (Å²) in [6, 6.07) is 17.6. The molecule has 1 aromatic heterocycles. The standard InChI is InChI=1S/C17H11ClN2O/c18-13-8-15-16(9-14(13)19)21-17(20-15)12-7-3-5-10-4-1-2-6-11(10)12/h1-9H,19H2. The number of benzene rings is 3. The van der Waals surface area contributed by atoms with Crippen molar-refractivity contribution in [3.63, 3.8) is 0 Å². The molecule has 0 aliphatic carbocycles. The van der Waals surface area contributed by atoms with Gasteiger partial charge in [0.25, 0.3) is 0 Å². The minimum Gasteiger partial charge on any atom is -0.436 e. The molecular formula is C17H11ClN2O. The maximum atomic E-state index is 6.03. The zero-order valence-corrected chi connectivity index (χ0v) is 11.8. The highest BCUT2D eigenvalue weighted by Crippen LogP contribution is 2.32. The van der Waals surface area contributed by atoms with Crippen LogP contribution in [0.5, 0.6) is 0 Å². The predicted octanol–water partition coefficient (Wildman–Crippen LogP) is 4.88. The summed E-state index contributed by atoms with van der Waals surface area (Å²) < 4.78 is 5.85. The first-order valence-corrected chi connectivity index (χ1v) is 6.94. The molecule has 0 saturated heterocycles. The van der Waals surface area contributed by atoms with Gasteiger partial charge in [-0.2, -0.15) is 0 Å². The molecule has 0 bridgehead atoms. The Hall–Kier alpha value is -2.52. The summed E-state index contributed by atoms with van der Waals surface area (Å²) in [6.07, 6.45) is 0. The fourth-order valence-corrected chi connectivity index (χ4v) is 2.65. The van der Waals surface area contributed by atoms with Crippen LogP contribution in [0.1, 0.15) is 0 Å². The molecule has 0 saturated carbocycles. The number of nitrogens with zero attached hydrogens (tertiary/aromatic N) is 1. The molecule has 0 fully saturated rings. The van der Waals surface area contributed by atoms with Gasteiger partial charge in [0, 0.05) is 11.6 Å². The number of nitrogens with two attached hydrogens (primary N) is 1. The van der Waals surface area contributed by atoms with Crippen LogP contribution in [0, 0.1) is 0 Å². The van der Waals surface area contributed by atoms with Crippen LogP contribution in [-0.2, 0) is 0 Å². The molecule has 0 spiro atoms. The molecule has 3 nitrogen and oxygen atoms in total. The molecule has 3 aromatic carbocycles. The summed E-state index contributed by atoms with van der Waals surface area (Å²) in [5.41, 5.74) is 8.60. The van der Waals surface area contributed by atoms with Gasteiger partial charge in [-0.05, 0) is 22.9 Å². The van der Waals surface area contributed by atoms with Gasteiger partial charge in [0.05, 0.1) is 10.7 Å². The average Bonchev–Trinajstić information content (AvgIpc) is 2.90. The van der Waals surface area contributed by atoms with Gasteiger partial charge in [0.2, 0.25) is 5.89 Å². The Kier molecular flexibility index (Phi) is 2.62. The van der Waals surface area contributed by atoms with Crippen LogP contribution >= 0.6 is 11.6 Å². The van der Waals surface area contributed by atoms with Gasteiger partial charge in [-0.15, -0.1) is 0 Å². The number of nitrogen functional groups attached to an aromatic ring is 1. The summed E-state index contributed by atoms with van der Waals surface area (Å²) in [4.78, 5) is 4.53. The van der Waals surface area contributed by atoms with Crippen molar-refractivity contribution in [2.75, 3.05) is 5.73 Å². The fourth-order valence-electron chi connectivity index (χ4n) is 2.49. The highest BCUT2D eigenvalue weighted by atomic mass is 35.5. The molecule has 0 atom stereocenters. The molecule has 4 aromatic rings. The quantitative estimate of drug-likeness (QED) is 0.509. The first kappa shape index (κ1) is 12.2. The maximum Gasteiger partial charge on any atom is 0.227 e. The zero-order valence-electron chi connectivity index (χ0n) is 11.0. The molecule has 0 amide bonds. The Morgan fingerprint density at radius 2 is 1.81 bits per heavy atom. The van der Waals surface area contributed by atoms with E-state index in [1.54, 1.807) is 12.1 Å². The normalized spacial score (nSPS) is 11.3. The van der Waals surface area contributed by atoms with Crippen LogP contribution in [0.2, 0.25) is 5.02 Å². The number of oxazole rings is 1. The van der Waals surface area contributed by atoms with Gasteiger partial charge in [0.15, 0.2) is 5.58 Å². The molecule has 0 aliphatic rings. The Bertz CT molecular complexity index is 931. The Morgan fingerprint density at radius 3 is 2.71 bits per heavy atom. The van der Waals surface area contributed by atoms with E-state index in [9.17, 15) is 0 Å². The summed E-state index contributed by atoms with van der Waals surface area (Å²) in [5.74, 6) is 0.573. The SMILES string of the molecule is Nc1cc2oc(-c3cccc4ccccc34)nc2cc1Cl. The third kappa shape index (κ3) is 1.94. The van der Waals surface area contributed by atoms with Gasteiger partial charge >= 0.3 is 0 Å². The monoisotopic (exact) mass is 294 g/mol. The molecule has 2 N–H and O–H groups in total. The fraction of sp³-hybridized carbons (Fsp3) is 0. The number of aromatic nitrogens is 1. The summed E-state index contributed by atoms with van der Waals surface area (Å²) in [5, 5.41) is 2.74. The number of hydrogen-bond donors (Lipinski definition) is 1. The number of fused-ring (bicyclic) bond motifs is 2. The van der Waals surface area contributed by atoms with E-state index >= 15 is 0 Å². The lowest BCUT2D eigenvalue weighted by molar-refractivity contribution is 0.621. The third-order valence-electron chi connectivity index (χ3n) is 3.53. The largest absolute Gasteiger partial charge is 0.436 e. The van der Waals surface area contributed by atoms with Crippen molar-refractivity contribution in [2.45, 2.75) is 0 Å². The van der Waals surface area contributed by atoms with E-state index in [4.69, 9.17) is 21.8 Å². The van der Waals surface area contributed by atoms with Crippen LogP contribution in [0.25, 0.3) is 33.3 Å². The summed E-state index contributed by atoms with van der Waals surface area (Å²) in [6.45, 7) is 0. The highest BCUT2D eigenvalue weighted by molar-refractivity contribution is 6.33. The van der Waals surface area contributed by atoms with Gasteiger partial charge < -0.3 is 10.2 Å². The molecule has 102 valence electrons. The third-order valence-corrected chi connectivity index (χ3v) is 3.85. The predicted molar refractivity (Wildman–Crippen MR) is 86.4 cm³/mol. The molecular weight excluding hydrogens is 284 g/mol. The lowest BCUT2D eigenvalue weighted by Crippen LogP contribution is -1.84. The van der Waals surface area contributed by atoms with Crippen molar-refractivity contribution >= 4 is 39.2 Å². The van der Waals surface area contributed by atoms with E-state index in [2.05, 4.69) is 23.2 Å². The van der Waals surface area contributed by atoms with Crippen molar-refractivity contribution in [2.24, 2.45) is 0 Å². The van der Waals surface area contributed by atoms with E-state index in [1.165, 1.54) is 0 Å². The van der Waals surface area contributed by atoms with E-state index < -0.39 is 0 Å². The van der Waals surface area contributed by atoms with Gasteiger partial charge in [-0.25, -0.2) is 4.98 Å². The first-order chi connectivity index (χ1) is 10.2. The Labute approximate surface area is 126 Å². The van der Waals surface area contributed by atoms with E-state index in [0.29, 0.717) is 27.7 Å². The lowest BCUT2D eigenvalue weighted by atomic mass is 10.0. The van der Waals surface area contributed by atoms with Crippen LogP contribution in [0.3, 0.4) is 0 Å². The van der Waals surface area contributed by atoms with Crippen LogP contribution in [0.15, 0.2) is 59.0 Å². The number of hydrogen-bond acceptors (Lipinski definition) is 3. The summed E-state index contributed by atoms with van der Waals surface area (Å²) >= 11 is 6.03. The minimum absolute atomic E-state index is 0.486. The number of anilines is 1. The van der Waals surface area contributed by atoms with Gasteiger partial charge in [-0.1, -0.05) is 48.0 Å². The minimum atomic E-state index is 0.486. The van der Waals surface area contributed by atoms with Crippen molar-refractivity contribution in [1.82, 2.24) is 4.98 Å². The van der Waals surface area contributed by atoms with Crippen LogP contribution in [-0.4, -0.2) is 4.98 Å². The number of rotatable bonds is 1. The van der Waals surface area contributed by atoms with Crippen molar-refractivity contribution < 1.29 is 4.42 Å². The van der Waals surface area contributed by atoms with Crippen LogP contribution < -0.4 is 5.73 Å². The van der Waals surface area contributed by atoms with Gasteiger partial charge in [-0.3, -0.25) is 0 Å². The first-order valence-electron chi connectivity index (χ1n) is 6.56. The zero-order chi connectivity index (χ0) is 14.4. The maximum absolute atomic E-state index is 6.03. The molecule has 21 heavy (non-hydrogen) atoms. The topological polar surface area (TPSA) is 52.0 Å². The van der Waals surface area contributed by atoms with E-state index in [-0.39, 0.29) is 0 Å². The molecule has 0 unspecified atom stereocenters. The summed E-state index contributed by atoms with van der Waals surface area (Å²) in [7, 11) is 0. The Morgan fingerprint density at radius 1 is 1.00 bits per heavy atom. The van der Waals surface area contributed by atoms with Crippen molar-refractivity contribution in [1.29, 1.82) is 0 Å². The molecule has 4 heteroatoms. The lowest BCUT2D eigenvalue weighted by Gasteiger charge is -2.01. The second-order valence-electron chi connectivity index (χ2n) is 4.89. The molecule has 0 radical (unpaired) electrons. The molecule has 1 heterocycles. The average molecular weight is 295 g/mol. The van der Waals surface area contributed by atoms with E-state index in [1.807, 2.05) is 24.3 Å². The van der Waals surface area contributed by atoms with Crippen molar-refractivity contribution in [3.05, 3.63) is 59.6 Å². The van der Waals surface area contributed by atoms with E-state index in [0.717, 1.165) is 16.3 Å². The second-order valence-corrected chi connectivity index (χ2v) is 5.29. The Balaban J connectivity index is 2.00. The van der Waals surface area contributed by atoms with Gasteiger partial charge in [0.1, 0.15) is 5.52 Å². The highest BCUT2D eigenvalue weighted by Gasteiger charge is 2.12.